The first kappa shape index (κ1) is 14.7. The lowest BCUT2D eigenvalue weighted by Crippen LogP contribution is -2.44. The summed E-state index contributed by atoms with van der Waals surface area (Å²) in [6, 6.07) is 0. The molecule has 0 aromatic heterocycles. The summed E-state index contributed by atoms with van der Waals surface area (Å²) < 4.78 is 5.86. The first-order valence-electron chi connectivity index (χ1n) is 7.17. The molecule has 0 atom stereocenters. The van der Waals surface area contributed by atoms with Gasteiger partial charge in [0.1, 0.15) is 5.60 Å². The van der Waals surface area contributed by atoms with Crippen LogP contribution < -0.4 is 0 Å². The van der Waals surface area contributed by atoms with Crippen molar-refractivity contribution in [2.75, 3.05) is 6.61 Å². The predicted molar refractivity (Wildman–Crippen MR) is 71.1 cm³/mol. The van der Waals surface area contributed by atoms with E-state index in [0.717, 1.165) is 38.0 Å². The van der Waals surface area contributed by atoms with Crippen molar-refractivity contribution >= 4 is 5.78 Å². The summed E-state index contributed by atoms with van der Waals surface area (Å²) in [5.41, 5.74) is -0.434. The minimum Gasteiger partial charge on any atom is -0.368 e. The van der Waals surface area contributed by atoms with E-state index in [1.165, 1.54) is 0 Å². The van der Waals surface area contributed by atoms with Crippen LogP contribution in [0.1, 0.15) is 66.2 Å². The van der Waals surface area contributed by atoms with Crippen LogP contribution in [0.3, 0.4) is 0 Å². The largest absolute Gasteiger partial charge is 0.368 e. The van der Waals surface area contributed by atoms with Gasteiger partial charge in [-0.05, 0) is 50.9 Å². The Morgan fingerprint density at radius 3 is 2.41 bits per heavy atom. The van der Waals surface area contributed by atoms with Crippen LogP contribution >= 0.6 is 0 Å². The van der Waals surface area contributed by atoms with E-state index in [1.807, 2.05) is 6.92 Å². The van der Waals surface area contributed by atoms with Crippen LogP contribution in [0.15, 0.2) is 0 Å². The third kappa shape index (κ3) is 4.09. The zero-order chi connectivity index (χ0) is 12.9. The smallest absolute Gasteiger partial charge is 0.164 e. The number of ketones is 1. The van der Waals surface area contributed by atoms with E-state index >= 15 is 0 Å². The van der Waals surface area contributed by atoms with Gasteiger partial charge in [0.15, 0.2) is 5.78 Å². The maximum absolute atomic E-state index is 12.4. The third-order valence-electron chi connectivity index (χ3n) is 3.96. The van der Waals surface area contributed by atoms with E-state index in [0.29, 0.717) is 24.7 Å². The van der Waals surface area contributed by atoms with Gasteiger partial charge in [-0.1, -0.05) is 20.8 Å². The lowest BCUT2D eigenvalue weighted by molar-refractivity contribution is -0.150. The van der Waals surface area contributed by atoms with Crippen molar-refractivity contribution in [2.45, 2.75) is 71.8 Å². The molecule has 0 aromatic carbocycles. The molecule has 0 radical (unpaired) electrons. The second-order valence-corrected chi connectivity index (χ2v) is 5.97. The lowest BCUT2D eigenvalue weighted by atomic mass is 9.76. The molecule has 0 bridgehead atoms. The Kier molecular flexibility index (Phi) is 5.64. The van der Waals surface area contributed by atoms with E-state index < -0.39 is 5.60 Å². The van der Waals surface area contributed by atoms with Crippen LogP contribution in [0, 0.1) is 11.8 Å². The first-order chi connectivity index (χ1) is 8.00. The number of hydrogen-bond donors (Lipinski definition) is 0. The SMILES string of the molecule is CCOC1(C(=O)CCC(C)C)CCC(C)CC1. The number of hydrogen-bond acceptors (Lipinski definition) is 2. The molecule has 0 aliphatic heterocycles. The monoisotopic (exact) mass is 240 g/mol. The minimum atomic E-state index is -0.434. The van der Waals surface area contributed by atoms with E-state index in [2.05, 4.69) is 20.8 Å². The molecule has 0 N–H and O–H groups in total. The van der Waals surface area contributed by atoms with Crippen LogP contribution in [-0.2, 0) is 9.53 Å². The second-order valence-electron chi connectivity index (χ2n) is 5.97. The van der Waals surface area contributed by atoms with Gasteiger partial charge in [0.2, 0.25) is 0 Å². The molecular formula is C15H28O2. The molecule has 0 aromatic rings. The van der Waals surface area contributed by atoms with Crippen molar-refractivity contribution in [3.63, 3.8) is 0 Å². The molecule has 1 fully saturated rings. The highest BCUT2D eigenvalue weighted by Crippen LogP contribution is 2.36. The minimum absolute atomic E-state index is 0.347. The highest BCUT2D eigenvalue weighted by atomic mass is 16.5. The van der Waals surface area contributed by atoms with Crippen LogP contribution in [0.5, 0.6) is 0 Å². The number of carbonyl (C=O) groups is 1. The Hall–Kier alpha value is -0.370. The van der Waals surface area contributed by atoms with Crippen LogP contribution in [0.4, 0.5) is 0 Å². The van der Waals surface area contributed by atoms with Gasteiger partial charge >= 0.3 is 0 Å². The third-order valence-corrected chi connectivity index (χ3v) is 3.96. The van der Waals surface area contributed by atoms with Gasteiger partial charge in [0.25, 0.3) is 0 Å². The summed E-state index contributed by atoms with van der Waals surface area (Å²) in [6.07, 6.45) is 5.80. The molecule has 1 rings (SSSR count). The summed E-state index contributed by atoms with van der Waals surface area (Å²) in [7, 11) is 0. The van der Waals surface area contributed by atoms with Crippen molar-refractivity contribution in [3.05, 3.63) is 0 Å². The number of carbonyl (C=O) groups excluding carboxylic acids is 1. The normalized spacial score (nSPS) is 29.6. The van der Waals surface area contributed by atoms with Gasteiger partial charge < -0.3 is 4.74 Å². The lowest BCUT2D eigenvalue weighted by Gasteiger charge is -2.38. The van der Waals surface area contributed by atoms with Gasteiger partial charge in [-0.3, -0.25) is 4.79 Å². The highest BCUT2D eigenvalue weighted by molar-refractivity contribution is 5.87. The van der Waals surface area contributed by atoms with Crippen LogP contribution in [0.2, 0.25) is 0 Å². The van der Waals surface area contributed by atoms with E-state index in [1.54, 1.807) is 0 Å². The molecule has 1 saturated carbocycles. The van der Waals surface area contributed by atoms with Crippen molar-refractivity contribution in [1.82, 2.24) is 0 Å². The molecule has 1 aliphatic rings. The van der Waals surface area contributed by atoms with E-state index in [4.69, 9.17) is 4.74 Å². The average Bonchev–Trinajstić information content (AvgIpc) is 2.29. The maximum atomic E-state index is 12.4. The average molecular weight is 240 g/mol. The van der Waals surface area contributed by atoms with Crippen molar-refractivity contribution in [3.8, 4) is 0 Å². The molecule has 0 spiro atoms. The number of rotatable bonds is 6. The van der Waals surface area contributed by atoms with Crippen LogP contribution in [0.25, 0.3) is 0 Å². The fourth-order valence-corrected chi connectivity index (χ4v) is 2.66. The van der Waals surface area contributed by atoms with Gasteiger partial charge in [-0.15, -0.1) is 0 Å². The maximum Gasteiger partial charge on any atom is 0.164 e. The predicted octanol–water partition coefficient (Wildman–Crippen LogP) is 3.98. The molecule has 0 amide bonds. The summed E-state index contributed by atoms with van der Waals surface area (Å²) in [5, 5.41) is 0. The van der Waals surface area contributed by atoms with Crippen LogP contribution in [-0.4, -0.2) is 18.0 Å². The standard InChI is InChI=1S/C15H28O2/c1-5-17-15(10-8-13(4)9-11-15)14(16)7-6-12(2)3/h12-13H,5-11H2,1-4H3. The summed E-state index contributed by atoms with van der Waals surface area (Å²) in [5.74, 6) is 1.70. The number of ether oxygens (including phenoxy) is 1. The fourth-order valence-electron chi connectivity index (χ4n) is 2.66. The molecule has 0 unspecified atom stereocenters. The molecule has 0 saturated heterocycles. The van der Waals surface area contributed by atoms with Gasteiger partial charge in [-0.25, -0.2) is 0 Å². The van der Waals surface area contributed by atoms with Gasteiger partial charge in [-0.2, -0.15) is 0 Å². The van der Waals surface area contributed by atoms with Gasteiger partial charge in [0.05, 0.1) is 0 Å². The zero-order valence-electron chi connectivity index (χ0n) is 11.9. The Bertz CT molecular complexity index is 237. The molecule has 0 heterocycles. The summed E-state index contributed by atoms with van der Waals surface area (Å²) >= 11 is 0. The summed E-state index contributed by atoms with van der Waals surface area (Å²) in [4.78, 5) is 12.4. The Labute approximate surface area is 106 Å². The second kappa shape index (κ2) is 6.53. The molecule has 1 aliphatic carbocycles. The molecular weight excluding hydrogens is 212 g/mol. The summed E-state index contributed by atoms with van der Waals surface area (Å²) in [6.45, 7) is 9.26. The number of Topliss-reactive ketones (excluding diaryl/α,β-unsaturated/α-hetero) is 1. The molecule has 2 heteroatoms. The quantitative estimate of drug-likeness (QED) is 0.702. The Morgan fingerprint density at radius 1 is 1.35 bits per heavy atom. The Balaban J connectivity index is 2.60. The van der Waals surface area contributed by atoms with Crippen molar-refractivity contribution in [1.29, 1.82) is 0 Å². The van der Waals surface area contributed by atoms with Gasteiger partial charge in [0, 0.05) is 13.0 Å². The zero-order valence-corrected chi connectivity index (χ0v) is 11.9. The Morgan fingerprint density at radius 2 is 1.94 bits per heavy atom. The highest BCUT2D eigenvalue weighted by Gasteiger charge is 2.40. The fraction of sp³-hybridized carbons (Fsp3) is 0.933. The topological polar surface area (TPSA) is 26.3 Å². The molecule has 17 heavy (non-hydrogen) atoms. The first-order valence-corrected chi connectivity index (χ1v) is 7.17. The van der Waals surface area contributed by atoms with Crippen molar-refractivity contribution < 1.29 is 9.53 Å². The molecule has 100 valence electrons. The van der Waals surface area contributed by atoms with Crippen molar-refractivity contribution in [2.24, 2.45) is 11.8 Å². The van der Waals surface area contributed by atoms with E-state index in [9.17, 15) is 4.79 Å². The van der Waals surface area contributed by atoms with E-state index in [-0.39, 0.29) is 0 Å². The molecule has 2 nitrogen and oxygen atoms in total.